The van der Waals surface area contributed by atoms with Gasteiger partial charge in [0.05, 0.1) is 11.4 Å². The van der Waals surface area contributed by atoms with E-state index in [1.165, 1.54) is 6.08 Å². The third kappa shape index (κ3) is 5.33. The van der Waals surface area contributed by atoms with Gasteiger partial charge in [0.1, 0.15) is 5.65 Å². The number of likely N-dealkylation sites (N-methyl/N-ethyl adjacent to an activating group) is 2. The smallest absolute Gasteiger partial charge is 0.267 e. The minimum Gasteiger partial charge on any atom is -0.308 e. The molecule has 0 radical (unpaired) electrons. The number of amides is 1. The predicted molar refractivity (Wildman–Crippen MR) is 119 cm³/mol. The zero-order valence-corrected chi connectivity index (χ0v) is 17.7. The number of nitrogens with zero attached hydrogens (tertiary/aromatic N) is 4. The number of nitrogens with one attached hydrogen (secondary N) is 1. The van der Waals surface area contributed by atoms with Crippen LogP contribution >= 0.6 is 0 Å². The molecule has 0 spiro atoms. The molecule has 0 saturated heterocycles. The van der Waals surface area contributed by atoms with Gasteiger partial charge in [-0.15, -0.1) is 0 Å². The largest absolute Gasteiger partial charge is 0.308 e. The van der Waals surface area contributed by atoms with E-state index >= 15 is 0 Å². The highest BCUT2D eigenvalue weighted by Crippen LogP contribution is 2.26. The van der Waals surface area contributed by atoms with Crippen LogP contribution in [0.15, 0.2) is 54.7 Å². The van der Waals surface area contributed by atoms with Gasteiger partial charge in [0.15, 0.2) is 0 Å². The maximum Gasteiger partial charge on any atom is 0.267 e. The lowest BCUT2D eigenvalue weighted by Gasteiger charge is -2.23. The van der Waals surface area contributed by atoms with Crippen molar-refractivity contribution in [2.24, 2.45) is 0 Å². The molecule has 0 aliphatic carbocycles. The third-order valence-electron chi connectivity index (χ3n) is 5.02. The molecule has 1 aromatic carbocycles. The topological polar surface area (TPSA) is 73.1 Å². The summed E-state index contributed by atoms with van der Waals surface area (Å²) in [6, 6.07) is 14.1. The number of hydroxylamine groups is 1. The Balaban J connectivity index is 2.01. The van der Waals surface area contributed by atoms with Crippen molar-refractivity contribution >= 4 is 17.6 Å². The van der Waals surface area contributed by atoms with Gasteiger partial charge < -0.3 is 9.30 Å². The number of hydrogen-bond donors (Lipinski definition) is 2. The normalized spacial score (nSPS) is 11.8. The predicted octanol–water partition coefficient (Wildman–Crippen LogP) is 2.90. The number of carbonyl (C=O) groups excluding carboxylic acids is 1. The number of pyridine rings is 1. The quantitative estimate of drug-likeness (QED) is 0.324. The molecule has 0 aliphatic rings. The second-order valence-corrected chi connectivity index (χ2v) is 7.44. The molecule has 0 atom stereocenters. The average molecular weight is 408 g/mol. The summed E-state index contributed by atoms with van der Waals surface area (Å²) in [5.74, 6) is -0.566. The van der Waals surface area contributed by atoms with Crippen molar-refractivity contribution < 1.29 is 10.0 Å². The van der Waals surface area contributed by atoms with Gasteiger partial charge in [-0.1, -0.05) is 37.3 Å². The molecule has 0 saturated carbocycles. The van der Waals surface area contributed by atoms with E-state index in [1.54, 1.807) is 11.6 Å². The number of benzene rings is 1. The van der Waals surface area contributed by atoms with Crippen molar-refractivity contribution in [2.45, 2.75) is 13.5 Å². The number of aromatic nitrogens is 2. The van der Waals surface area contributed by atoms with E-state index in [0.29, 0.717) is 0 Å². The first kappa shape index (κ1) is 21.7. The SMILES string of the molecule is CCN(CCN(C)C)Cc1c(-c2ccccc2)nc2cc(C=CC(=O)NO)ccn12. The zero-order valence-electron chi connectivity index (χ0n) is 17.7. The van der Waals surface area contributed by atoms with Crippen molar-refractivity contribution in [1.29, 1.82) is 0 Å². The van der Waals surface area contributed by atoms with Crippen LogP contribution in [-0.4, -0.2) is 64.0 Å². The van der Waals surface area contributed by atoms with Crippen LogP contribution in [0.2, 0.25) is 0 Å². The Morgan fingerprint density at radius 3 is 2.63 bits per heavy atom. The van der Waals surface area contributed by atoms with E-state index in [0.717, 1.165) is 54.3 Å². The van der Waals surface area contributed by atoms with Crippen molar-refractivity contribution in [3.05, 3.63) is 66.0 Å². The van der Waals surface area contributed by atoms with Crippen molar-refractivity contribution in [3.63, 3.8) is 0 Å². The highest BCUT2D eigenvalue weighted by atomic mass is 16.5. The molecule has 0 bridgehead atoms. The van der Waals surface area contributed by atoms with Gasteiger partial charge >= 0.3 is 0 Å². The molecule has 0 aliphatic heterocycles. The fourth-order valence-corrected chi connectivity index (χ4v) is 3.30. The lowest BCUT2D eigenvalue weighted by molar-refractivity contribution is -0.124. The highest BCUT2D eigenvalue weighted by molar-refractivity contribution is 5.91. The molecule has 2 heterocycles. The summed E-state index contributed by atoms with van der Waals surface area (Å²) < 4.78 is 2.12. The average Bonchev–Trinajstić information content (AvgIpc) is 3.12. The van der Waals surface area contributed by atoms with E-state index in [1.807, 2.05) is 36.5 Å². The number of rotatable bonds is 9. The molecule has 7 heteroatoms. The Hall–Kier alpha value is -3.00. The fraction of sp³-hybridized carbons (Fsp3) is 0.304. The molecule has 7 nitrogen and oxygen atoms in total. The van der Waals surface area contributed by atoms with Crippen LogP contribution < -0.4 is 5.48 Å². The third-order valence-corrected chi connectivity index (χ3v) is 5.02. The Bertz CT molecular complexity index is 1010. The number of fused-ring (bicyclic) bond motifs is 1. The van der Waals surface area contributed by atoms with Crippen LogP contribution in [0.5, 0.6) is 0 Å². The van der Waals surface area contributed by atoms with Crippen LogP contribution in [0.1, 0.15) is 18.2 Å². The summed E-state index contributed by atoms with van der Waals surface area (Å²) in [6.07, 6.45) is 4.92. The lowest BCUT2D eigenvalue weighted by Crippen LogP contribution is -2.31. The zero-order chi connectivity index (χ0) is 21.5. The monoisotopic (exact) mass is 407 g/mol. The Morgan fingerprint density at radius 2 is 1.97 bits per heavy atom. The minimum absolute atomic E-state index is 0.566. The van der Waals surface area contributed by atoms with Gasteiger partial charge in [0.25, 0.3) is 5.91 Å². The van der Waals surface area contributed by atoms with E-state index in [9.17, 15) is 4.79 Å². The molecule has 2 aromatic heterocycles. The maximum absolute atomic E-state index is 11.3. The molecule has 158 valence electrons. The van der Waals surface area contributed by atoms with Gasteiger partial charge in [-0.3, -0.25) is 14.9 Å². The van der Waals surface area contributed by atoms with Gasteiger partial charge in [0, 0.05) is 37.5 Å². The summed E-state index contributed by atoms with van der Waals surface area (Å²) in [7, 11) is 4.17. The lowest BCUT2D eigenvalue weighted by atomic mass is 10.1. The summed E-state index contributed by atoms with van der Waals surface area (Å²) in [5, 5.41) is 8.66. The van der Waals surface area contributed by atoms with Crippen LogP contribution in [0.25, 0.3) is 23.0 Å². The van der Waals surface area contributed by atoms with Crippen molar-refractivity contribution in [2.75, 3.05) is 33.7 Å². The summed E-state index contributed by atoms with van der Waals surface area (Å²) in [6.45, 7) is 5.88. The molecule has 3 aromatic rings. The summed E-state index contributed by atoms with van der Waals surface area (Å²) in [5.41, 5.74) is 6.44. The van der Waals surface area contributed by atoms with Gasteiger partial charge in [-0.2, -0.15) is 0 Å². The number of imidazole rings is 1. The Labute approximate surface area is 177 Å². The molecule has 3 rings (SSSR count). The standard InChI is InChI=1S/C23H29N5O2/c1-4-27(15-14-26(2)3)17-20-23(19-8-6-5-7-9-19)24-21-16-18(12-13-28(20)21)10-11-22(29)25-30/h5-13,16,30H,4,14-15,17H2,1-3H3,(H,25,29). The van der Waals surface area contributed by atoms with Crippen molar-refractivity contribution in [3.8, 4) is 11.3 Å². The number of carbonyl (C=O) groups is 1. The first-order chi connectivity index (χ1) is 14.5. The number of hydrogen-bond acceptors (Lipinski definition) is 5. The van der Waals surface area contributed by atoms with Crippen LogP contribution in [0.4, 0.5) is 0 Å². The molecule has 0 unspecified atom stereocenters. The first-order valence-electron chi connectivity index (χ1n) is 10.1. The molecule has 30 heavy (non-hydrogen) atoms. The maximum atomic E-state index is 11.3. The fourth-order valence-electron chi connectivity index (χ4n) is 3.30. The molecule has 2 N–H and O–H groups in total. The molecular formula is C23H29N5O2. The second kappa shape index (κ2) is 10.2. The molecule has 0 fully saturated rings. The van der Waals surface area contributed by atoms with E-state index in [4.69, 9.17) is 10.2 Å². The first-order valence-corrected chi connectivity index (χ1v) is 10.1. The second-order valence-electron chi connectivity index (χ2n) is 7.44. The van der Waals surface area contributed by atoms with Gasteiger partial charge in [0.2, 0.25) is 0 Å². The van der Waals surface area contributed by atoms with Crippen molar-refractivity contribution in [1.82, 2.24) is 24.7 Å². The highest BCUT2D eigenvalue weighted by Gasteiger charge is 2.17. The van der Waals surface area contributed by atoms with Crippen LogP contribution in [-0.2, 0) is 11.3 Å². The van der Waals surface area contributed by atoms with Gasteiger partial charge in [-0.25, -0.2) is 10.5 Å². The Morgan fingerprint density at radius 1 is 1.20 bits per heavy atom. The summed E-state index contributed by atoms with van der Waals surface area (Å²) in [4.78, 5) is 20.8. The van der Waals surface area contributed by atoms with E-state index in [2.05, 4.69) is 47.4 Å². The molecular weight excluding hydrogens is 378 g/mol. The van der Waals surface area contributed by atoms with Crippen LogP contribution in [0.3, 0.4) is 0 Å². The summed E-state index contributed by atoms with van der Waals surface area (Å²) >= 11 is 0. The van der Waals surface area contributed by atoms with Crippen LogP contribution in [0, 0.1) is 0 Å². The van der Waals surface area contributed by atoms with E-state index < -0.39 is 5.91 Å². The van der Waals surface area contributed by atoms with Gasteiger partial charge in [-0.05, 0) is 44.4 Å². The minimum atomic E-state index is -0.566. The van der Waals surface area contributed by atoms with E-state index in [-0.39, 0.29) is 0 Å². The molecule has 1 amide bonds. The Kier molecular flexibility index (Phi) is 7.35.